The van der Waals surface area contributed by atoms with Gasteiger partial charge in [0.1, 0.15) is 6.33 Å². The van der Waals surface area contributed by atoms with E-state index in [9.17, 15) is 13.2 Å². The minimum atomic E-state index is -3.36. The Balaban J connectivity index is 1.56. The molecule has 0 bridgehead atoms. The highest BCUT2D eigenvalue weighted by atomic mass is 32.2. The van der Waals surface area contributed by atoms with Crippen LogP contribution in [0.25, 0.3) is 0 Å². The molecule has 2 aromatic heterocycles. The molecule has 2 heterocycles. The molecular weight excluding hydrogens is 388 g/mol. The Kier molecular flexibility index (Phi) is 5.20. The molecular formula is C17H20N4O4S2. The van der Waals surface area contributed by atoms with Gasteiger partial charge >= 0.3 is 0 Å². The number of carbonyl (C=O) groups excluding carboxylic acids is 1. The van der Waals surface area contributed by atoms with Gasteiger partial charge in [0.15, 0.2) is 21.0 Å². The van der Waals surface area contributed by atoms with Crippen molar-refractivity contribution in [3.63, 3.8) is 0 Å². The van der Waals surface area contributed by atoms with Crippen molar-refractivity contribution in [2.45, 2.75) is 61.0 Å². The molecule has 0 aliphatic heterocycles. The minimum absolute atomic E-state index is 0.00467. The van der Waals surface area contributed by atoms with Crippen LogP contribution >= 0.6 is 11.5 Å². The lowest BCUT2D eigenvalue weighted by Gasteiger charge is -2.21. The summed E-state index contributed by atoms with van der Waals surface area (Å²) in [5.41, 5.74) is 0.527. The fourth-order valence-corrected chi connectivity index (χ4v) is 5.16. The highest BCUT2D eigenvalue weighted by Crippen LogP contribution is 2.33. The molecule has 0 saturated heterocycles. The summed E-state index contributed by atoms with van der Waals surface area (Å²) in [5.74, 6) is -0.363. The maximum absolute atomic E-state index is 12.8. The van der Waals surface area contributed by atoms with Crippen LogP contribution in [0, 0.1) is 0 Å². The third kappa shape index (κ3) is 4.17. The number of carbonyl (C=O) groups is 1. The molecule has 2 saturated carbocycles. The number of anilines is 1. The maximum atomic E-state index is 12.8. The van der Waals surface area contributed by atoms with Gasteiger partial charge in [0.05, 0.1) is 11.4 Å². The molecule has 1 N–H and O–H groups in total. The quantitative estimate of drug-likeness (QED) is 0.749. The SMILES string of the molecule is O=C(Nc1ncns1)C(OC1CCCC1)c1ccc(S(=O)(=O)C2CC2)nc1. The summed E-state index contributed by atoms with van der Waals surface area (Å²) in [5, 5.41) is 2.83. The van der Waals surface area contributed by atoms with E-state index in [0.717, 1.165) is 37.2 Å². The van der Waals surface area contributed by atoms with Gasteiger partial charge in [0.25, 0.3) is 5.91 Å². The Morgan fingerprint density at radius 3 is 2.56 bits per heavy atom. The highest BCUT2D eigenvalue weighted by molar-refractivity contribution is 7.92. The van der Waals surface area contributed by atoms with Crippen molar-refractivity contribution < 1.29 is 17.9 Å². The number of aromatic nitrogens is 3. The molecule has 27 heavy (non-hydrogen) atoms. The largest absolute Gasteiger partial charge is 0.360 e. The van der Waals surface area contributed by atoms with Crippen LogP contribution in [0.2, 0.25) is 0 Å². The summed E-state index contributed by atoms with van der Waals surface area (Å²) in [4.78, 5) is 20.8. The highest BCUT2D eigenvalue weighted by Gasteiger charge is 2.38. The summed E-state index contributed by atoms with van der Waals surface area (Å²) >= 11 is 1.08. The van der Waals surface area contributed by atoms with Crippen molar-refractivity contribution in [3.05, 3.63) is 30.2 Å². The first-order valence-electron chi connectivity index (χ1n) is 8.97. The van der Waals surface area contributed by atoms with E-state index in [-0.39, 0.29) is 22.3 Å². The molecule has 1 amide bonds. The van der Waals surface area contributed by atoms with Crippen LogP contribution in [0.15, 0.2) is 29.7 Å². The molecule has 0 radical (unpaired) electrons. The summed E-state index contributed by atoms with van der Waals surface area (Å²) in [6.07, 6.45) is 7.26. The number of nitrogens with one attached hydrogen (secondary N) is 1. The predicted octanol–water partition coefficient (Wildman–Crippen LogP) is 2.51. The maximum Gasteiger partial charge on any atom is 0.260 e. The van der Waals surface area contributed by atoms with E-state index in [1.54, 1.807) is 6.07 Å². The first-order valence-corrected chi connectivity index (χ1v) is 11.3. The number of sulfone groups is 1. The van der Waals surface area contributed by atoms with Crippen LogP contribution in [-0.4, -0.2) is 40.0 Å². The van der Waals surface area contributed by atoms with Gasteiger partial charge in [0.2, 0.25) is 5.13 Å². The molecule has 0 aromatic carbocycles. The number of ether oxygens (including phenoxy) is 1. The minimum Gasteiger partial charge on any atom is -0.360 e. The van der Waals surface area contributed by atoms with Gasteiger partial charge in [-0.3, -0.25) is 10.1 Å². The van der Waals surface area contributed by atoms with Crippen molar-refractivity contribution >= 4 is 32.4 Å². The van der Waals surface area contributed by atoms with E-state index in [2.05, 4.69) is 19.7 Å². The zero-order valence-corrected chi connectivity index (χ0v) is 16.2. The number of rotatable bonds is 7. The fraction of sp³-hybridized carbons (Fsp3) is 0.529. The topological polar surface area (TPSA) is 111 Å². The van der Waals surface area contributed by atoms with Crippen LogP contribution in [0.4, 0.5) is 5.13 Å². The first kappa shape index (κ1) is 18.5. The van der Waals surface area contributed by atoms with E-state index in [0.29, 0.717) is 23.5 Å². The van der Waals surface area contributed by atoms with Gasteiger partial charge in [-0.25, -0.2) is 18.4 Å². The normalized spacial score (nSPS) is 19.1. The van der Waals surface area contributed by atoms with Gasteiger partial charge < -0.3 is 4.74 Å². The number of amides is 1. The monoisotopic (exact) mass is 408 g/mol. The van der Waals surface area contributed by atoms with Crippen LogP contribution in [-0.2, 0) is 19.4 Å². The van der Waals surface area contributed by atoms with Crippen LogP contribution in [0.1, 0.15) is 50.2 Å². The number of nitrogens with zero attached hydrogens (tertiary/aromatic N) is 3. The van der Waals surface area contributed by atoms with E-state index < -0.39 is 15.9 Å². The molecule has 144 valence electrons. The van der Waals surface area contributed by atoms with Crippen LogP contribution in [0.3, 0.4) is 0 Å². The van der Waals surface area contributed by atoms with Crippen molar-refractivity contribution in [2.75, 3.05) is 5.32 Å². The standard InChI is InChI=1S/C17H20N4O4S2/c22-16(21-17-19-10-20-26-17)15(25-12-3-1-2-4-12)11-5-8-14(18-9-11)27(23,24)13-6-7-13/h5,8-10,12-13,15H,1-4,6-7H2,(H,19,20,21,22). The predicted molar refractivity (Wildman–Crippen MR) is 99.1 cm³/mol. The molecule has 0 spiro atoms. The molecule has 2 fully saturated rings. The second-order valence-electron chi connectivity index (χ2n) is 6.83. The summed E-state index contributed by atoms with van der Waals surface area (Å²) in [7, 11) is -3.36. The lowest BCUT2D eigenvalue weighted by Crippen LogP contribution is -2.27. The summed E-state index contributed by atoms with van der Waals surface area (Å²) in [6.45, 7) is 0. The van der Waals surface area contributed by atoms with Crippen molar-refractivity contribution in [2.24, 2.45) is 0 Å². The first-order chi connectivity index (χ1) is 13.0. The molecule has 1 atom stereocenters. The Morgan fingerprint density at radius 2 is 1.96 bits per heavy atom. The molecule has 2 aliphatic carbocycles. The molecule has 8 nitrogen and oxygen atoms in total. The van der Waals surface area contributed by atoms with Gasteiger partial charge in [-0.15, -0.1) is 0 Å². The van der Waals surface area contributed by atoms with E-state index in [1.165, 1.54) is 18.6 Å². The third-order valence-electron chi connectivity index (χ3n) is 4.78. The van der Waals surface area contributed by atoms with Crippen LogP contribution in [0.5, 0.6) is 0 Å². The average Bonchev–Trinajstić information content (AvgIpc) is 3.18. The van der Waals surface area contributed by atoms with Gasteiger partial charge in [-0.05, 0) is 31.7 Å². The fourth-order valence-electron chi connectivity index (χ4n) is 3.17. The Morgan fingerprint density at radius 1 is 1.19 bits per heavy atom. The molecule has 10 heteroatoms. The lowest BCUT2D eigenvalue weighted by molar-refractivity contribution is -0.131. The molecule has 2 aromatic rings. The Labute approximate surface area is 161 Å². The van der Waals surface area contributed by atoms with Crippen molar-refractivity contribution in [1.29, 1.82) is 0 Å². The van der Waals surface area contributed by atoms with Crippen LogP contribution < -0.4 is 5.32 Å². The Bertz CT molecular complexity index is 890. The van der Waals surface area contributed by atoms with Crippen molar-refractivity contribution in [1.82, 2.24) is 14.3 Å². The summed E-state index contributed by atoms with van der Waals surface area (Å²) < 4.78 is 34.5. The van der Waals surface area contributed by atoms with E-state index in [4.69, 9.17) is 4.74 Å². The second kappa shape index (κ2) is 7.61. The van der Waals surface area contributed by atoms with Gasteiger partial charge in [-0.2, -0.15) is 4.37 Å². The number of hydrogen-bond donors (Lipinski definition) is 1. The van der Waals surface area contributed by atoms with Gasteiger partial charge in [0, 0.05) is 23.3 Å². The third-order valence-corrected chi connectivity index (χ3v) is 7.53. The van der Waals surface area contributed by atoms with Gasteiger partial charge in [-0.1, -0.05) is 18.9 Å². The Hall–Kier alpha value is -1.91. The zero-order valence-electron chi connectivity index (χ0n) is 14.6. The lowest BCUT2D eigenvalue weighted by atomic mass is 10.1. The molecule has 2 aliphatic rings. The van der Waals surface area contributed by atoms with E-state index in [1.807, 2.05) is 0 Å². The zero-order chi connectivity index (χ0) is 18.9. The average molecular weight is 409 g/mol. The second-order valence-corrected chi connectivity index (χ2v) is 9.79. The number of hydrogen-bond acceptors (Lipinski definition) is 8. The van der Waals surface area contributed by atoms with E-state index >= 15 is 0 Å². The molecule has 4 rings (SSSR count). The van der Waals surface area contributed by atoms with Crippen molar-refractivity contribution in [3.8, 4) is 0 Å². The summed E-state index contributed by atoms with van der Waals surface area (Å²) in [6, 6.07) is 3.08. The molecule has 1 unspecified atom stereocenters. The number of pyridine rings is 1. The smallest absolute Gasteiger partial charge is 0.260 e.